The Hall–Kier alpha value is -0.900. The first kappa shape index (κ1) is 22.1. The number of hydrogen-bond acceptors (Lipinski definition) is 4. The Kier molecular flexibility index (Phi) is 9.70. The van der Waals surface area contributed by atoms with Crippen LogP contribution in [0.3, 0.4) is 0 Å². The molecule has 0 radical (unpaired) electrons. The third kappa shape index (κ3) is 6.40. The molecule has 0 saturated heterocycles. The van der Waals surface area contributed by atoms with Crippen LogP contribution in [0.25, 0.3) is 0 Å². The van der Waals surface area contributed by atoms with Crippen molar-refractivity contribution in [3.8, 4) is 0 Å². The van der Waals surface area contributed by atoms with Crippen LogP contribution in [-0.4, -0.2) is 47.5 Å². The molecule has 1 aliphatic rings. The largest absolute Gasteiger partial charge is 0.382 e. The van der Waals surface area contributed by atoms with Gasteiger partial charge < -0.3 is 19.9 Å². The van der Waals surface area contributed by atoms with E-state index in [9.17, 15) is 0 Å². The minimum atomic E-state index is 0. The van der Waals surface area contributed by atoms with Crippen LogP contribution < -0.4 is 10.6 Å². The maximum atomic E-state index is 5.58. The SMILES string of the molecule is CCOCCC1(CNC(=NC)NCc2nnc(C)n2C)CCCC1.I. The number of halogens is 1. The average Bonchev–Trinajstić information content (AvgIpc) is 3.17. The zero-order valence-corrected chi connectivity index (χ0v) is 18.3. The molecule has 0 amide bonds. The Morgan fingerprint density at radius 2 is 2.00 bits per heavy atom. The van der Waals surface area contributed by atoms with Gasteiger partial charge in [0.25, 0.3) is 0 Å². The van der Waals surface area contributed by atoms with E-state index in [1.165, 1.54) is 25.7 Å². The molecule has 25 heavy (non-hydrogen) atoms. The normalized spacial score (nSPS) is 16.6. The number of aryl methyl sites for hydroxylation is 1. The number of ether oxygens (including phenoxy) is 1. The van der Waals surface area contributed by atoms with Crippen LogP contribution >= 0.6 is 24.0 Å². The lowest BCUT2D eigenvalue weighted by molar-refractivity contribution is 0.105. The number of guanidine groups is 1. The molecule has 0 bridgehead atoms. The van der Waals surface area contributed by atoms with Crippen molar-refractivity contribution in [3.05, 3.63) is 11.6 Å². The minimum Gasteiger partial charge on any atom is -0.382 e. The number of nitrogens with zero attached hydrogens (tertiary/aromatic N) is 4. The summed E-state index contributed by atoms with van der Waals surface area (Å²) in [5.41, 5.74) is 0.341. The van der Waals surface area contributed by atoms with Gasteiger partial charge in [-0.25, -0.2) is 0 Å². The van der Waals surface area contributed by atoms with Crippen molar-refractivity contribution in [2.75, 3.05) is 26.8 Å². The van der Waals surface area contributed by atoms with E-state index in [1.54, 1.807) is 7.05 Å². The van der Waals surface area contributed by atoms with Crippen molar-refractivity contribution in [3.63, 3.8) is 0 Å². The summed E-state index contributed by atoms with van der Waals surface area (Å²) in [4.78, 5) is 4.33. The van der Waals surface area contributed by atoms with Crippen molar-refractivity contribution in [2.24, 2.45) is 17.5 Å². The molecule has 0 atom stereocenters. The van der Waals surface area contributed by atoms with Gasteiger partial charge in [0, 0.05) is 33.9 Å². The second-order valence-electron chi connectivity index (χ2n) is 6.66. The molecular weight excluding hydrogens is 431 g/mol. The summed E-state index contributed by atoms with van der Waals surface area (Å²) in [7, 11) is 3.78. The molecule has 1 aliphatic carbocycles. The topological polar surface area (TPSA) is 76.4 Å². The highest BCUT2D eigenvalue weighted by atomic mass is 127. The second kappa shape index (κ2) is 10.9. The molecule has 1 aromatic heterocycles. The number of aliphatic imine (C=N–C) groups is 1. The van der Waals surface area contributed by atoms with Crippen molar-refractivity contribution in [1.29, 1.82) is 0 Å². The number of hydrogen-bond donors (Lipinski definition) is 2. The third-order valence-corrected chi connectivity index (χ3v) is 5.10. The lowest BCUT2D eigenvalue weighted by Gasteiger charge is -2.30. The molecule has 1 fully saturated rings. The van der Waals surface area contributed by atoms with Crippen molar-refractivity contribution in [1.82, 2.24) is 25.4 Å². The summed E-state index contributed by atoms with van der Waals surface area (Å²) in [6.07, 6.45) is 6.29. The molecule has 144 valence electrons. The van der Waals surface area contributed by atoms with Gasteiger partial charge in [0.1, 0.15) is 5.82 Å². The van der Waals surface area contributed by atoms with Crippen LogP contribution in [0.2, 0.25) is 0 Å². The van der Waals surface area contributed by atoms with Crippen molar-refractivity contribution in [2.45, 2.75) is 52.5 Å². The molecule has 7 nitrogen and oxygen atoms in total. The summed E-state index contributed by atoms with van der Waals surface area (Å²) in [6.45, 7) is 7.21. The van der Waals surface area contributed by atoms with Crippen molar-refractivity contribution < 1.29 is 4.74 Å². The number of rotatable bonds is 8. The van der Waals surface area contributed by atoms with Crippen LogP contribution in [0.5, 0.6) is 0 Å². The fourth-order valence-electron chi connectivity index (χ4n) is 3.33. The Bertz CT molecular complexity index is 539. The van der Waals surface area contributed by atoms with E-state index in [0.717, 1.165) is 43.8 Å². The average molecular weight is 464 g/mol. The van der Waals surface area contributed by atoms with Gasteiger partial charge in [-0.15, -0.1) is 34.2 Å². The van der Waals surface area contributed by atoms with Gasteiger partial charge in [0.2, 0.25) is 0 Å². The van der Waals surface area contributed by atoms with Gasteiger partial charge in [-0.1, -0.05) is 12.8 Å². The van der Waals surface area contributed by atoms with Crippen LogP contribution in [0.1, 0.15) is 50.7 Å². The molecule has 1 aromatic rings. The van der Waals surface area contributed by atoms with Crippen LogP contribution in [0, 0.1) is 12.3 Å². The fourth-order valence-corrected chi connectivity index (χ4v) is 3.33. The quantitative estimate of drug-likeness (QED) is 0.268. The van der Waals surface area contributed by atoms with E-state index in [2.05, 4.69) is 32.7 Å². The Labute approximate surface area is 168 Å². The molecule has 8 heteroatoms. The zero-order valence-electron chi connectivity index (χ0n) is 16.0. The summed E-state index contributed by atoms with van der Waals surface area (Å²) in [5, 5.41) is 15.1. The first-order valence-electron chi connectivity index (χ1n) is 8.97. The maximum absolute atomic E-state index is 5.58. The predicted octanol–water partition coefficient (Wildman–Crippen LogP) is 2.39. The zero-order chi connectivity index (χ0) is 17.4. The van der Waals surface area contributed by atoms with E-state index in [1.807, 2.05) is 18.5 Å². The summed E-state index contributed by atoms with van der Waals surface area (Å²) >= 11 is 0. The smallest absolute Gasteiger partial charge is 0.191 e. The lowest BCUT2D eigenvalue weighted by atomic mass is 9.83. The molecule has 1 saturated carbocycles. The highest BCUT2D eigenvalue weighted by molar-refractivity contribution is 14.0. The number of aromatic nitrogens is 3. The molecule has 2 rings (SSSR count). The molecule has 0 aliphatic heterocycles. The summed E-state index contributed by atoms with van der Waals surface area (Å²) in [5.74, 6) is 2.64. The van der Waals surface area contributed by atoms with Crippen LogP contribution in [0.4, 0.5) is 0 Å². The van der Waals surface area contributed by atoms with E-state index >= 15 is 0 Å². The lowest BCUT2D eigenvalue weighted by Crippen LogP contribution is -2.43. The van der Waals surface area contributed by atoms with E-state index in [0.29, 0.717) is 12.0 Å². The maximum Gasteiger partial charge on any atom is 0.191 e. The molecule has 2 N–H and O–H groups in total. The van der Waals surface area contributed by atoms with E-state index in [-0.39, 0.29) is 24.0 Å². The van der Waals surface area contributed by atoms with Gasteiger partial charge >= 0.3 is 0 Å². The summed E-state index contributed by atoms with van der Waals surface area (Å²) < 4.78 is 7.57. The fraction of sp³-hybridized carbons (Fsp3) is 0.824. The van der Waals surface area contributed by atoms with Gasteiger partial charge in [0.15, 0.2) is 11.8 Å². The molecule has 1 heterocycles. The monoisotopic (exact) mass is 464 g/mol. The molecular formula is C17H33IN6O. The Balaban J connectivity index is 0.00000312. The molecule has 0 aromatic carbocycles. The van der Waals surface area contributed by atoms with Crippen LogP contribution in [-0.2, 0) is 18.3 Å². The van der Waals surface area contributed by atoms with Crippen molar-refractivity contribution >= 4 is 29.9 Å². The third-order valence-electron chi connectivity index (χ3n) is 5.10. The second-order valence-corrected chi connectivity index (χ2v) is 6.66. The highest BCUT2D eigenvalue weighted by Gasteiger charge is 2.33. The predicted molar refractivity (Wildman–Crippen MR) is 111 cm³/mol. The highest BCUT2D eigenvalue weighted by Crippen LogP contribution is 2.40. The van der Waals surface area contributed by atoms with Crippen LogP contribution in [0.15, 0.2) is 4.99 Å². The Morgan fingerprint density at radius 1 is 1.28 bits per heavy atom. The minimum absolute atomic E-state index is 0. The number of nitrogens with one attached hydrogen (secondary N) is 2. The van der Waals surface area contributed by atoms with Gasteiger partial charge in [-0.05, 0) is 38.5 Å². The van der Waals surface area contributed by atoms with Gasteiger partial charge in [-0.2, -0.15) is 0 Å². The standard InChI is InChI=1S/C17H32N6O.HI/c1-5-24-11-10-17(8-6-7-9-17)13-20-16(18-3)19-12-15-22-21-14(2)23(15)4;/h5-13H2,1-4H3,(H2,18,19,20);1H. The molecule has 0 spiro atoms. The first-order chi connectivity index (χ1) is 11.6. The van der Waals surface area contributed by atoms with Gasteiger partial charge in [-0.3, -0.25) is 4.99 Å². The van der Waals surface area contributed by atoms with Gasteiger partial charge in [0.05, 0.1) is 6.54 Å². The molecule has 0 unspecified atom stereocenters. The Morgan fingerprint density at radius 3 is 2.56 bits per heavy atom. The van der Waals surface area contributed by atoms with E-state index in [4.69, 9.17) is 4.74 Å². The van der Waals surface area contributed by atoms with E-state index < -0.39 is 0 Å². The first-order valence-corrected chi connectivity index (χ1v) is 8.97. The summed E-state index contributed by atoms with van der Waals surface area (Å²) in [6, 6.07) is 0.